The Morgan fingerprint density at radius 2 is 2.05 bits per heavy atom. The van der Waals surface area contributed by atoms with E-state index < -0.39 is 5.97 Å². The number of nitrogens with zero attached hydrogens (tertiary/aromatic N) is 2. The highest BCUT2D eigenvalue weighted by Gasteiger charge is 2.21. The van der Waals surface area contributed by atoms with Crippen molar-refractivity contribution in [1.82, 2.24) is 9.88 Å². The van der Waals surface area contributed by atoms with Crippen molar-refractivity contribution < 1.29 is 14.7 Å². The molecule has 0 aliphatic carbocycles. The molecule has 0 atom stereocenters. The maximum Gasteiger partial charge on any atom is 0.328 e. The molecule has 0 unspecified atom stereocenters. The number of rotatable bonds is 6. The van der Waals surface area contributed by atoms with E-state index in [1.165, 1.54) is 12.3 Å². The van der Waals surface area contributed by atoms with Crippen LogP contribution in [-0.4, -0.2) is 40.0 Å². The second-order valence-corrected chi connectivity index (χ2v) is 4.50. The molecule has 1 amide bonds. The molecule has 0 aliphatic rings. The second-order valence-electron chi connectivity index (χ2n) is 4.50. The molecule has 0 fully saturated rings. The normalized spacial score (nSPS) is 11.0. The van der Waals surface area contributed by atoms with Gasteiger partial charge in [-0.2, -0.15) is 0 Å². The van der Waals surface area contributed by atoms with Crippen LogP contribution in [0.2, 0.25) is 0 Å². The molecule has 1 aromatic rings. The Balaban J connectivity index is 3.07. The van der Waals surface area contributed by atoms with E-state index in [4.69, 9.17) is 5.11 Å². The van der Waals surface area contributed by atoms with E-state index in [2.05, 4.69) is 4.98 Å². The van der Waals surface area contributed by atoms with E-state index in [0.717, 1.165) is 18.9 Å². The average Bonchev–Trinajstić information content (AvgIpc) is 2.45. The SMILES string of the molecule is CCC(CC)N(C)C(=O)c1ncccc1/C=C/C(=O)O. The van der Waals surface area contributed by atoms with Crippen molar-refractivity contribution >= 4 is 18.0 Å². The van der Waals surface area contributed by atoms with Crippen molar-refractivity contribution in [2.45, 2.75) is 32.7 Å². The number of hydrogen-bond acceptors (Lipinski definition) is 3. The summed E-state index contributed by atoms with van der Waals surface area (Å²) in [4.78, 5) is 28.8. The predicted octanol–water partition coefficient (Wildman–Crippen LogP) is 2.44. The lowest BCUT2D eigenvalue weighted by molar-refractivity contribution is -0.131. The van der Waals surface area contributed by atoms with Crippen LogP contribution in [-0.2, 0) is 4.79 Å². The van der Waals surface area contributed by atoms with Crippen molar-refractivity contribution in [2.75, 3.05) is 7.05 Å². The van der Waals surface area contributed by atoms with E-state index in [-0.39, 0.29) is 17.6 Å². The van der Waals surface area contributed by atoms with Gasteiger partial charge < -0.3 is 10.0 Å². The zero-order valence-corrected chi connectivity index (χ0v) is 12.0. The summed E-state index contributed by atoms with van der Waals surface area (Å²) < 4.78 is 0. The van der Waals surface area contributed by atoms with E-state index in [9.17, 15) is 9.59 Å². The van der Waals surface area contributed by atoms with Crippen LogP contribution in [0.15, 0.2) is 24.4 Å². The van der Waals surface area contributed by atoms with Gasteiger partial charge in [0.1, 0.15) is 5.69 Å². The van der Waals surface area contributed by atoms with E-state index in [1.54, 1.807) is 24.1 Å². The molecular formula is C15H20N2O3. The van der Waals surface area contributed by atoms with Crippen LogP contribution in [0, 0.1) is 0 Å². The summed E-state index contributed by atoms with van der Waals surface area (Å²) in [5.74, 6) is -1.25. The van der Waals surface area contributed by atoms with Gasteiger partial charge in [-0.1, -0.05) is 19.9 Å². The average molecular weight is 276 g/mol. The molecule has 0 radical (unpaired) electrons. The minimum atomic E-state index is -1.06. The van der Waals surface area contributed by atoms with Crippen LogP contribution in [0.4, 0.5) is 0 Å². The molecule has 0 saturated carbocycles. The summed E-state index contributed by atoms with van der Waals surface area (Å²) in [5.41, 5.74) is 0.789. The van der Waals surface area contributed by atoms with Gasteiger partial charge >= 0.3 is 5.97 Å². The lowest BCUT2D eigenvalue weighted by Crippen LogP contribution is -2.37. The zero-order chi connectivity index (χ0) is 15.1. The van der Waals surface area contributed by atoms with Crippen LogP contribution in [0.3, 0.4) is 0 Å². The number of carbonyl (C=O) groups excluding carboxylic acids is 1. The standard InChI is InChI=1S/C15H20N2O3/c1-4-12(5-2)17(3)15(20)14-11(7-6-10-16-14)8-9-13(18)19/h6-10,12H,4-5H2,1-3H3,(H,18,19)/b9-8+. The molecule has 0 aromatic carbocycles. The Labute approximate surface area is 118 Å². The van der Waals surface area contributed by atoms with Crippen molar-refractivity contribution in [2.24, 2.45) is 0 Å². The van der Waals surface area contributed by atoms with Gasteiger partial charge in [0.2, 0.25) is 0 Å². The summed E-state index contributed by atoms with van der Waals surface area (Å²) >= 11 is 0. The number of hydrogen-bond donors (Lipinski definition) is 1. The molecule has 0 spiro atoms. The van der Waals surface area contributed by atoms with Gasteiger partial charge in [-0.15, -0.1) is 0 Å². The fourth-order valence-corrected chi connectivity index (χ4v) is 2.06. The Kier molecular flexibility index (Phi) is 5.90. The summed E-state index contributed by atoms with van der Waals surface area (Å²) in [7, 11) is 1.75. The number of aromatic nitrogens is 1. The Bertz CT molecular complexity index is 508. The molecule has 108 valence electrons. The highest BCUT2D eigenvalue weighted by atomic mass is 16.4. The first-order valence-electron chi connectivity index (χ1n) is 6.64. The van der Waals surface area contributed by atoms with Gasteiger partial charge in [0.05, 0.1) is 0 Å². The van der Waals surface area contributed by atoms with Gasteiger partial charge in [0, 0.05) is 30.9 Å². The minimum Gasteiger partial charge on any atom is -0.478 e. The molecule has 20 heavy (non-hydrogen) atoms. The Morgan fingerprint density at radius 1 is 1.40 bits per heavy atom. The topological polar surface area (TPSA) is 70.5 Å². The number of amides is 1. The fraction of sp³-hybridized carbons (Fsp3) is 0.400. The van der Waals surface area contributed by atoms with Crippen LogP contribution >= 0.6 is 0 Å². The lowest BCUT2D eigenvalue weighted by atomic mass is 10.1. The maximum atomic E-state index is 12.5. The van der Waals surface area contributed by atoms with Crippen molar-refractivity contribution in [1.29, 1.82) is 0 Å². The van der Waals surface area contributed by atoms with E-state index in [0.29, 0.717) is 5.56 Å². The number of carbonyl (C=O) groups is 2. The summed E-state index contributed by atoms with van der Waals surface area (Å²) in [6, 6.07) is 3.51. The molecule has 5 heteroatoms. The predicted molar refractivity (Wildman–Crippen MR) is 77.4 cm³/mol. The first-order valence-corrected chi connectivity index (χ1v) is 6.64. The van der Waals surface area contributed by atoms with Gasteiger partial charge in [-0.25, -0.2) is 4.79 Å². The molecule has 5 nitrogen and oxygen atoms in total. The van der Waals surface area contributed by atoms with Gasteiger partial charge in [0.25, 0.3) is 5.91 Å². The first-order chi connectivity index (χ1) is 9.51. The van der Waals surface area contributed by atoms with Crippen molar-refractivity contribution in [3.63, 3.8) is 0 Å². The van der Waals surface area contributed by atoms with Crippen LogP contribution < -0.4 is 0 Å². The van der Waals surface area contributed by atoms with Crippen LogP contribution in [0.1, 0.15) is 42.7 Å². The number of carboxylic acids is 1. The lowest BCUT2D eigenvalue weighted by Gasteiger charge is -2.26. The molecule has 0 bridgehead atoms. The van der Waals surface area contributed by atoms with E-state index in [1.807, 2.05) is 13.8 Å². The van der Waals surface area contributed by atoms with Gasteiger partial charge in [-0.3, -0.25) is 9.78 Å². The minimum absolute atomic E-state index is 0.154. The van der Waals surface area contributed by atoms with Crippen LogP contribution in [0.25, 0.3) is 6.08 Å². The molecule has 1 heterocycles. The Hall–Kier alpha value is -2.17. The highest BCUT2D eigenvalue weighted by Crippen LogP contribution is 2.14. The Morgan fingerprint density at radius 3 is 2.60 bits per heavy atom. The maximum absolute atomic E-state index is 12.5. The summed E-state index contributed by atoms with van der Waals surface area (Å²) in [6.07, 6.45) is 5.66. The molecular weight excluding hydrogens is 256 g/mol. The molecule has 0 saturated heterocycles. The monoisotopic (exact) mass is 276 g/mol. The first kappa shape index (κ1) is 15.9. The largest absolute Gasteiger partial charge is 0.478 e. The summed E-state index contributed by atoms with van der Waals surface area (Å²) in [5, 5.41) is 8.68. The zero-order valence-electron chi connectivity index (χ0n) is 12.0. The van der Waals surface area contributed by atoms with Crippen molar-refractivity contribution in [3.8, 4) is 0 Å². The smallest absolute Gasteiger partial charge is 0.328 e. The quantitative estimate of drug-likeness (QED) is 0.810. The van der Waals surface area contributed by atoms with Gasteiger partial charge in [0.15, 0.2) is 0 Å². The van der Waals surface area contributed by atoms with Gasteiger partial charge in [-0.05, 0) is 25.0 Å². The third-order valence-electron chi connectivity index (χ3n) is 3.26. The number of carboxylic acid groups (broad SMARTS) is 1. The molecule has 1 aromatic heterocycles. The third kappa shape index (κ3) is 3.91. The molecule has 1 N–H and O–H groups in total. The van der Waals surface area contributed by atoms with E-state index >= 15 is 0 Å². The third-order valence-corrected chi connectivity index (χ3v) is 3.26. The number of pyridine rings is 1. The van der Waals surface area contributed by atoms with Crippen LogP contribution in [0.5, 0.6) is 0 Å². The highest BCUT2D eigenvalue weighted by molar-refractivity contribution is 5.97. The molecule has 1 rings (SSSR count). The number of aliphatic carboxylic acids is 1. The van der Waals surface area contributed by atoms with Crippen molar-refractivity contribution in [3.05, 3.63) is 35.7 Å². The second kappa shape index (κ2) is 7.43. The summed E-state index contributed by atoms with van der Waals surface area (Å²) in [6.45, 7) is 4.06. The molecule has 0 aliphatic heterocycles. The fourth-order valence-electron chi connectivity index (χ4n) is 2.06.